The van der Waals surface area contributed by atoms with Gasteiger partial charge < -0.3 is 4.98 Å². The molecule has 0 aliphatic heterocycles. The molecule has 9 nitrogen and oxygen atoms in total. The lowest BCUT2D eigenvalue weighted by molar-refractivity contribution is 0.476. The monoisotopic (exact) mass is 308 g/mol. The topological polar surface area (TPSA) is 138 Å². The van der Waals surface area contributed by atoms with Crippen LogP contribution in [0.5, 0.6) is 0 Å². The highest BCUT2D eigenvalue weighted by atomic mass is 32.2. The molecule has 3 rings (SSSR count). The molecular formula is C11H8N4O5S. The molecular weight excluding hydrogens is 300 g/mol. The Hall–Kier alpha value is -2.72. The van der Waals surface area contributed by atoms with Crippen LogP contribution in [0.4, 0.5) is 0 Å². The summed E-state index contributed by atoms with van der Waals surface area (Å²) in [5.41, 5.74) is -1.64. The van der Waals surface area contributed by atoms with E-state index >= 15 is 0 Å². The van der Waals surface area contributed by atoms with Gasteiger partial charge in [-0.2, -0.15) is 13.4 Å². The number of H-pyrrole nitrogens is 2. The molecule has 10 heteroatoms. The van der Waals surface area contributed by atoms with Crippen LogP contribution in [0, 0.1) is 0 Å². The van der Waals surface area contributed by atoms with Crippen molar-refractivity contribution in [2.45, 2.75) is 5.16 Å². The van der Waals surface area contributed by atoms with Gasteiger partial charge in [0.15, 0.2) is 11.2 Å². The summed E-state index contributed by atoms with van der Waals surface area (Å²) < 4.78 is 32.2. The maximum atomic E-state index is 12.0. The van der Waals surface area contributed by atoms with Crippen molar-refractivity contribution in [2.24, 2.45) is 0 Å². The number of nitrogens with one attached hydrogen (secondary N) is 2. The van der Waals surface area contributed by atoms with Crippen LogP contribution in [0.2, 0.25) is 0 Å². The highest BCUT2D eigenvalue weighted by Crippen LogP contribution is 2.13. The molecule has 1 aromatic carbocycles. The average Bonchev–Trinajstić information content (AvgIpc) is 2.85. The van der Waals surface area contributed by atoms with Gasteiger partial charge in [-0.3, -0.25) is 14.3 Å². The first-order valence-electron chi connectivity index (χ1n) is 5.66. The molecule has 0 fully saturated rings. The molecule has 2 heterocycles. The standard InChI is InChI=1S/C11H8N4O5S/c16-9-7-8(13-10(12-7)21(18,19)20)15(11(17)14-9)6-4-2-1-3-5-6/h1-5H,(H,12,13)(H,14,16,17)(H,18,19,20). The van der Waals surface area contributed by atoms with E-state index in [2.05, 4.69) is 9.97 Å². The Balaban J connectivity index is 2.48. The fraction of sp³-hybridized carbons (Fsp3) is 0. The highest BCUT2D eigenvalue weighted by molar-refractivity contribution is 7.85. The normalized spacial score (nSPS) is 11.9. The minimum Gasteiger partial charge on any atom is -0.321 e. The smallest absolute Gasteiger partial charge is 0.321 e. The molecule has 0 saturated carbocycles. The molecule has 0 spiro atoms. The lowest BCUT2D eigenvalue weighted by atomic mass is 10.3. The van der Waals surface area contributed by atoms with Gasteiger partial charge in [0.2, 0.25) is 0 Å². The minimum atomic E-state index is -4.63. The van der Waals surface area contributed by atoms with Crippen molar-refractivity contribution in [3.05, 3.63) is 51.2 Å². The first-order valence-corrected chi connectivity index (χ1v) is 7.10. The van der Waals surface area contributed by atoms with E-state index in [1.54, 1.807) is 30.3 Å². The second kappa shape index (κ2) is 4.40. The van der Waals surface area contributed by atoms with E-state index in [0.717, 1.165) is 4.57 Å². The van der Waals surface area contributed by atoms with Crippen LogP contribution in [0.15, 0.2) is 45.1 Å². The summed E-state index contributed by atoms with van der Waals surface area (Å²) in [5, 5.41) is -0.807. The summed E-state index contributed by atoms with van der Waals surface area (Å²) >= 11 is 0. The molecule has 2 aromatic heterocycles. The zero-order chi connectivity index (χ0) is 15.2. The maximum Gasteiger partial charge on any atom is 0.334 e. The van der Waals surface area contributed by atoms with Gasteiger partial charge in [-0.1, -0.05) is 18.2 Å². The van der Waals surface area contributed by atoms with Crippen molar-refractivity contribution in [2.75, 3.05) is 0 Å². The molecule has 0 aliphatic carbocycles. The SMILES string of the molecule is O=c1[nH]c(=O)n(-c2ccccc2)c2nc(S(=O)(=O)O)[nH]c12. The molecule has 21 heavy (non-hydrogen) atoms. The van der Waals surface area contributed by atoms with Gasteiger partial charge in [0.05, 0.1) is 5.69 Å². The predicted molar refractivity (Wildman–Crippen MR) is 72.1 cm³/mol. The van der Waals surface area contributed by atoms with E-state index < -0.39 is 26.5 Å². The van der Waals surface area contributed by atoms with Gasteiger partial charge in [-0.05, 0) is 12.1 Å². The Bertz CT molecular complexity index is 1050. The molecule has 3 N–H and O–H groups in total. The Labute approximate surface area is 116 Å². The molecule has 0 aliphatic rings. The van der Waals surface area contributed by atoms with Crippen molar-refractivity contribution >= 4 is 21.3 Å². The summed E-state index contributed by atoms with van der Waals surface area (Å²) in [7, 11) is -4.63. The number of rotatable bonds is 2. The van der Waals surface area contributed by atoms with E-state index in [-0.39, 0.29) is 11.2 Å². The summed E-state index contributed by atoms with van der Waals surface area (Å²) in [5.74, 6) is 0. The van der Waals surface area contributed by atoms with Gasteiger partial charge in [0, 0.05) is 0 Å². The van der Waals surface area contributed by atoms with E-state index in [0.29, 0.717) is 5.69 Å². The number of imidazole rings is 1. The predicted octanol–water partition coefficient (Wildman–Crippen LogP) is -0.351. The van der Waals surface area contributed by atoms with Crippen LogP contribution in [-0.2, 0) is 10.1 Å². The van der Waals surface area contributed by atoms with E-state index in [1.165, 1.54) is 0 Å². The summed E-state index contributed by atoms with van der Waals surface area (Å²) in [6.45, 7) is 0. The van der Waals surface area contributed by atoms with Crippen LogP contribution in [0.25, 0.3) is 16.9 Å². The third-order valence-corrected chi connectivity index (χ3v) is 3.47. The Morgan fingerprint density at radius 3 is 2.38 bits per heavy atom. The van der Waals surface area contributed by atoms with Crippen LogP contribution >= 0.6 is 0 Å². The van der Waals surface area contributed by atoms with Crippen molar-refractivity contribution in [3.63, 3.8) is 0 Å². The lowest BCUT2D eigenvalue weighted by Crippen LogP contribution is -2.29. The van der Waals surface area contributed by atoms with Gasteiger partial charge in [0.1, 0.15) is 0 Å². The highest BCUT2D eigenvalue weighted by Gasteiger charge is 2.20. The quantitative estimate of drug-likeness (QED) is 0.553. The molecule has 0 unspecified atom stereocenters. The van der Waals surface area contributed by atoms with Gasteiger partial charge >= 0.3 is 15.8 Å². The third-order valence-electron chi connectivity index (χ3n) is 2.78. The summed E-state index contributed by atoms with van der Waals surface area (Å²) in [6, 6.07) is 8.22. The van der Waals surface area contributed by atoms with Gasteiger partial charge in [0.25, 0.3) is 10.7 Å². The van der Waals surface area contributed by atoms with Crippen molar-refractivity contribution < 1.29 is 13.0 Å². The maximum absolute atomic E-state index is 12.0. The first kappa shape index (κ1) is 13.3. The zero-order valence-corrected chi connectivity index (χ0v) is 11.1. The number of para-hydroxylation sites is 1. The first-order chi connectivity index (χ1) is 9.88. The van der Waals surface area contributed by atoms with Crippen LogP contribution in [0.1, 0.15) is 0 Å². The molecule has 0 saturated heterocycles. The molecule has 0 atom stereocenters. The van der Waals surface area contributed by atoms with E-state index in [1.807, 2.05) is 4.98 Å². The molecule has 108 valence electrons. The second-order valence-electron chi connectivity index (χ2n) is 4.15. The number of hydrogen-bond acceptors (Lipinski definition) is 5. The number of aromatic amines is 2. The fourth-order valence-electron chi connectivity index (χ4n) is 1.91. The number of hydrogen-bond donors (Lipinski definition) is 3. The third kappa shape index (κ3) is 2.15. The van der Waals surface area contributed by atoms with Crippen molar-refractivity contribution in [3.8, 4) is 5.69 Å². The Morgan fingerprint density at radius 1 is 1.10 bits per heavy atom. The summed E-state index contributed by atoms with van der Waals surface area (Å²) in [4.78, 5) is 31.5. The fourth-order valence-corrected chi connectivity index (χ4v) is 2.35. The van der Waals surface area contributed by atoms with Crippen molar-refractivity contribution in [1.82, 2.24) is 19.5 Å². The van der Waals surface area contributed by atoms with Crippen molar-refractivity contribution in [1.29, 1.82) is 0 Å². The van der Waals surface area contributed by atoms with Crippen LogP contribution < -0.4 is 11.2 Å². The average molecular weight is 308 g/mol. The van der Waals surface area contributed by atoms with Crippen LogP contribution in [0.3, 0.4) is 0 Å². The van der Waals surface area contributed by atoms with E-state index in [9.17, 15) is 18.0 Å². The Morgan fingerprint density at radius 2 is 1.76 bits per heavy atom. The Kier molecular flexibility index (Phi) is 2.78. The number of nitrogens with zero attached hydrogens (tertiary/aromatic N) is 2. The summed E-state index contributed by atoms with van der Waals surface area (Å²) in [6.07, 6.45) is 0. The van der Waals surface area contributed by atoms with Gasteiger partial charge in [-0.25, -0.2) is 9.36 Å². The lowest BCUT2D eigenvalue weighted by Gasteiger charge is -2.04. The van der Waals surface area contributed by atoms with Gasteiger partial charge in [-0.15, -0.1) is 0 Å². The largest absolute Gasteiger partial charge is 0.334 e. The second-order valence-corrected chi connectivity index (χ2v) is 5.48. The molecule has 0 radical (unpaired) electrons. The number of fused-ring (bicyclic) bond motifs is 1. The van der Waals surface area contributed by atoms with E-state index in [4.69, 9.17) is 4.55 Å². The zero-order valence-electron chi connectivity index (χ0n) is 10.3. The number of aromatic nitrogens is 4. The molecule has 3 aromatic rings. The molecule has 0 amide bonds. The number of benzene rings is 1. The molecule has 0 bridgehead atoms. The van der Waals surface area contributed by atoms with Crippen LogP contribution in [-0.4, -0.2) is 32.5 Å². The minimum absolute atomic E-state index is 0.192.